The first-order valence-corrected chi connectivity index (χ1v) is 4.51. The van der Waals surface area contributed by atoms with Gasteiger partial charge in [-0.1, -0.05) is 6.07 Å². The highest BCUT2D eigenvalue weighted by Crippen LogP contribution is 2.37. The quantitative estimate of drug-likeness (QED) is 0.804. The van der Waals surface area contributed by atoms with Gasteiger partial charge < -0.3 is 10.5 Å². The lowest BCUT2D eigenvalue weighted by Crippen LogP contribution is -2.16. The van der Waals surface area contributed by atoms with Crippen LogP contribution in [0.3, 0.4) is 0 Å². The maximum Gasteiger partial charge on any atom is 0.446 e. The molecule has 0 saturated carbocycles. The normalized spacial score (nSPS) is 11.1. The summed E-state index contributed by atoms with van der Waals surface area (Å²) >= 11 is -0.290. The van der Waals surface area contributed by atoms with Gasteiger partial charge in [-0.25, -0.2) is 4.79 Å². The molecule has 1 amide bonds. The van der Waals surface area contributed by atoms with Crippen LogP contribution in [0.25, 0.3) is 0 Å². The minimum absolute atomic E-state index is 0.0169. The zero-order valence-electron chi connectivity index (χ0n) is 7.25. The van der Waals surface area contributed by atoms with E-state index in [1.165, 1.54) is 18.2 Å². The van der Waals surface area contributed by atoms with Gasteiger partial charge in [0.2, 0.25) is 0 Å². The standard InChI is InChI=1S/C8H6F3NO2S/c9-8(10,11)15-6-3-1-2-5(4-6)14-7(12)13/h1-4H,(H2,12,13). The van der Waals surface area contributed by atoms with Crippen molar-refractivity contribution in [1.29, 1.82) is 0 Å². The van der Waals surface area contributed by atoms with E-state index in [-0.39, 0.29) is 22.4 Å². The Morgan fingerprint density at radius 3 is 2.60 bits per heavy atom. The van der Waals surface area contributed by atoms with Gasteiger partial charge in [0.1, 0.15) is 5.75 Å². The van der Waals surface area contributed by atoms with E-state index in [0.29, 0.717) is 0 Å². The molecule has 1 rings (SSSR count). The first kappa shape index (κ1) is 11.7. The third-order valence-corrected chi connectivity index (χ3v) is 1.98. The van der Waals surface area contributed by atoms with Crippen LogP contribution in [0.15, 0.2) is 29.2 Å². The molecule has 1 aromatic rings. The monoisotopic (exact) mass is 237 g/mol. The van der Waals surface area contributed by atoms with Gasteiger partial charge in [-0.15, -0.1) is 0 Å². The number of carbonyl (C=O) groups excluding carboxylic acids is 1. The number of nitrogens with two attached hydrogens (primary N) is 1. The second-order valence-electron chi connectivity index (χ2n) is 2.44. The maximum absolute atomic E-state index is 12.0. The summed E-state index contributed by atoms with van der Waals surface area (Å²) < 4.78 is 40.3. The number of primary amides is 1. The zero-order valence-corrected chi connectivity index (χ0v) is 8.06. The van der Waals surface area contributed by atoms with Gasteiger partial charge in [0.15, 0.2) is 0 Å². The van der Waals surface area contributed by atoms with E-state index in [1.807, 2.05) is 0 Å². The summed E-state index contributed by atoms with van der Waals surface area (Å²) in [4.78, 5) is 10.3. The molecule has 0 aliphatic heterocycles. The van der Waals surface area contributed by atoms with E-state index < -0.39 is 11.6 Å². The summed E-state index contributed by atoms with van der Waals surface area (Å²) in [6.07, 6.45) is -1.07. The Labute approximate surface area is 87.4 Å². The highest BCUT2D eigenvalue weighted by Gasteiger charge is 2.29. The van der Waals surface area contributed by atoms with E-state index in [9.17, 15) is 18.0 Å². The van der Waals surface area contributed by atoms with E-state index in [4.69, 9.17) is 5.73 Å². The maximum atomic E-state index is 12.0. The van der Waals surface area contributed by atoms with Crippen LogP contribution in [-0.4, -0.2) is 11.6 Å². The molecule has 0 spiro atoms. The van der Waals surface area contributed by atoms with E-state index in [2.05, 4.69) is 4.74 Å². The molecular weight excluding hydrogens is 231 g/mol. The molecule has 0 bridgehead atoms. The summed E-state index contributed by atoms with van der Waals surface area (Å²) in [5, 5.41) is 0. The molecule has 15 heavy (non-hydrogen) atoms. The van der Waals surface area contributed by atoms with Crippen LogP contribution in [0.2, 0.25) is 0 Å². The number of carbonyl (C=O) groups is 1. The molecule has 3 nitrogen and oxygen atoms in total. The zero-order chi connectivity index (χ0) is 11.5. The number of thioether (sulfide) groups is 1. The van der Waals surface area contributed by atoms with E-state index >= 15 is 0 Å². The topological polar surface area (TPSA) is 52.3 Å². The third-order valence-electron chi connectivity index (χ3n) is 1.26. The molecule has 0 unspecified atom stereocenters. The second kappa shape index (κ2) is 4.43. The molecule has 0 saturated heterocycles. The van der Waals surface area contributed by atoms with Crippen LogP contribution in [0.5, 0.6) is 5.75 Å². The Morgan fingerprint density at radius 2 is 2.07 bits per heavy atom. The van der Waals surface area contributed by atoms with Gasteiger partial charge in [-0.2, -0.15) is 13.2 Å². The lowest BCUT2D eigenvalue weighted by molar-refractivity contribution is -0.0328. The van der Waals surface area contributed by atoms with Crippen LogP contribution in [0.4, 0.5) is 18.0 Å². The molecule has 0 atom stereocenters. The van der Waals surface area contributed by atoms with Crippen molar-refractivity contribution in [2.75, 3.05) is 0 Å². The van der Waals surface area contributed by atoms with Gasteiger partial charge in [0.25, 0.3) is 0 Å². The molecule has 2 N–H and O–H groups in total. The summed E-state index contributed by atoms with van der Waals surface area (Å²) in [5.41, 5.74) is 0.342. The number of hydrogen-bond acceptors (Lipinski definition) is 3. The molecule has 0 fully saturated rings. The number of halogens is 3. The highest BCUT2D eigenvalue weighted by atomic mass is 32.2. The molecule has 0 radical (unpaired) electrons. The molecule has 1 aromatic carbocycles. The highest BCUT2D eigenvalue weighted by molar-refractivity contribution is 8.00. The van der Waals surface area contributed by atoms with Crippen LogP contribution < -0.4 is 10.5 Å². The van der Waals surface area contributed by atoms with Gasteiger partial charge in [-0.05, 0) is 30.0 Å². The van der Waals surface area contributed by atoms with E-state index in [1.54, 1.807) is 0 Å². The Kier molecular flexibility index (Phi) is 3.46. The van der Waals surface area contributed by atoms with Crippen molar-refractivity contribution in [2.45, 2.75) is 10.4 Å². The van der Waals surface area contributed by atoms with Crippen molar-refractivity contribution in [2.24, 2.45) is 5.73 Å². The predicted molar refractivity (Wildman–Crippen MR) is 48.6 cm³/mol. The largest absolute Gasteiger partial charge is 0.446 e. The fourth-order valence-electron chi connectivity index (χ4n) is 0.851. The SMILES string of the molecule is NC(=O)Oc1cccc(SC(F)(F)F)c1. The molecular formula is C8H6F3NO2S. The number of alkyl halides is 3. The van der Waals surface area contributed by atoms with Gasteiger partial charge in [0.05, 0.1) is 0 Å². The second-order valence-corrected chi connectivity index (χ2v) is 3.58. The molecule has 0 aliphatic carbocycles. The van der Waals surface area contributed by atoms with Crippen LogP contribution >= 0.6 is 11.8 Å². The Bertz CT molecular complexity index is 367. The third kappa shape index (κ3) is 4.59. The fraction of sp³-hybridized carbons (Fsp3) is 0.125. The Balaban J connectivity index is 2.79. The van der Waals surface area contributed by atoms with Crippen molar-refractivity contribution in [3.63, 3.8) is 0 Å². The Morgan fingerprint density at radius 1 is 1.40 bits per heavy atom. The molecule has 82 valence electrons. The van der Waals surface area contributed by atoms with Gasteiger partial charge >= 0.3 is 11.6 Å². The molecule has 0 heterocycles. The van der Waals surface area contributed by atoms with Crippen molar-refractivity contribution in [3.8, 4) is 5.75 Å². The number of benzene rings is 1. The summed E-state index contributed by atoms with van der Waals surface area (Å²) in [7, 11) is 0. The number of rotatable bonds is 2. The summed E-state index contributed by atoms with van der Waals surface area (Å²) in [6.45, 7) is 0. The average molecular weight is 237 g/mol. The van der Waals surface area contributed by atoms with E-state index in [0.717, 1.165) is 6.07 Å². The number of ether oxygens (including phenoxy) is 1. The lowest BCUT2D eigenvalue weighted by Gasteiger charge is -2.06. The predicted octanol–water partition coefficient (Wildman–Crippen LogP) is 2.76. The van der Waals surface area contributed by atoms with Crippen molar-refractivity contribution in [1.82, 2.24) is 0 Å². The van der Waals surface area contributed by atoms with Crippen molar-refractivity contribution in [3.05, 3.63) is 24.3 Å². The number of hydrogen-bond donors (Lipinski definition) is 1. The Hall–Kier alpha value is -1.37. The molecule has 0 aliphatic rings. The van der Waals surface area contributed by atoms with Gasteiger partial charge in [0, 0.05) is 4.90 Å². The first-order chi connectivity index (χ1) is 6.87. The first-order valence-electron chi connectivity index (χ1n) is 3.70. The van der Waals surface area contributed by atoms with Crippen LogP contribution in [0, 0.1) is 0 Å². The fourth-order valence-corrected chi connectivity index (χ4v) is 1.44. The minimum atomic E-state index is -4.37. The van der Waals surface area contributed by atoms with Crippen LogP contribution in [-0.2, 0) is 0 Å². The smallest absolute Gasteiger partial charge is 0.410 e. The molecule has 7 heteroatoms. The van der Waals surface area contributed by atoms with Gasteiger partial charge in [-0.3, -0.25) is 0 Å². The lowest BCUT2D eigenvalue weighted by atomic mass is 10.3. The minimum Gasteiger partial charge on any atom is -0.410 e. The van der Waals surface area contributed by atoms with Crippen LogP contribution in [0.1, 0.15) is 0 Å². The number of amides is 1. The average Bonchev–Trinajstić information content (AvgIpc) is 1.99. The summed E-state index contributed by atoms with van der Waals surface area (Å²) in [6, 6.07) is 5.02. The molecule has 0 aromatic heterocycles. The van der Waals surface area contributed by atoms with Crippen molar-refractivity contribution < 1.29 is 22.7 Å². The van der Waals surface area contributed by atoms with Crippen molar-refractivity contribution >= 4 is 17.9 Å². The summed E-state index contributed by atoms with van der Waals surface area (Å²) in [5.74, 6) is -0.0169.